The van der Waals surface area contributed by atoms with Crippen molar-refractivity contribution in [2.45, 2.75) is 32.4 Å². The molecule has 1 aliphatic heterocycles. The molecular weight excluding hydrogens is 270 g/mol. The summed E-state index contributed by atoms with van der Waals surface area (Å²) in [7, 11) is 1.71. The zero-order valence-corrected chi connectivity index (χ0v) is 13.5. The molecule has 4 heteroatoms. The summed E-state index contributed by atoms with van der Waals surface area (Å²) in [5, 5.41) is 3.65. The molecule has 1 saturated heterocycles. The number of nitrogens with one attached hydrogen (secondary N) is 1. The monoisotopic (exact) mass is 295 g/mol. The number of thioether (sulfide) groups is 1. The Morgan fingerprint density at radius 1 is 1.50 bits per heavy atom. The topological polar surface area (TPSA) is 30.5 Å². The second-order valence-electron chi connectivity index (χ2n) is 5.14. The molecule has 1 fully saturated rings. The molecule has 1 aliphatic rings. The molecular formula is C16H25NO2S. The fourth-order valence-corrected chi connectivity index (χ4v) is 3.47. The summed E-state index contributed by atoms with van der Waals surface area (Å²) in [6, 6.07) is 6.59. The zero-order chi connectivity index (χ0) is 14.4. The molecule has 0 aliphatic carbocycles. The summed E-state index contributed by atoms with van der Waals surface area (Å²) >= 11 is 1.98. The van der Waals surface area contributed by atoms with Gasteiger partial charge in [-0.2, -0.15) is 11.8 Å². The maximum absolute atomic E-state index is 5.99. The van der Waals surface area contributed by atoms with E-state index in [4.69, 9.17) is 9.47 Å². The van der Waals surface area contributed by atoms with Crippen molar-refractivity contribution in [3.8, 4) is 5.75 Å². The predicted molar refractivity (Wildman–Crippen MR) is 85.8 cm³/mol. The van der Waals surface area contributed by atoms with Gasteiger partial charge in [-0.15, -0.1) is 0 Å². The summed E-state index contributed by atoms with van der Waals surface area (Å²) in [5.74, 6) is 3.09. The molecule has 0 bridgehead atoms. The highest BCUT2D eigenvalue weighted by molar-refractivity contribution is 7.99. The minimum atomic E-state index is 0.257. The molecule has 0 amide bonds. The summed E-state index contributed by atoms with van der Waals surface area (Å²) in [6.45, 7) is 6.21. The van der Waals surface area contributed by atoms with Gasteiger partial charge in [0.2, 0.25) is 0 Å². The van der Waals surface area contributed by atoms with E-state index in [0.717, 1.165) is 36.8 Å². The Balaban J connectivity index is 2.20. The van der Waals surface area contributed by atoms with Crippen LogP contribution in [-0.4, -0.2) is 37.9 Å². The van der Waals surface area contributed by atoms with Crippen LogP contribution >= 0.6 is 11.8 Å². The lowest BCUT2D eigenvalue weighted by molar-refractivity contribution is 0.0466. The second-order valence-corrected chi connectivity index (χ2v) is 6.29. The van der Waals surface area contributed by atoms with E-state index in [1.165, 1.54) is 11.1 Å². The van der Waals surface area contributed by atoms with E-state index < -0.39 is 0 Å². The number of ether oxygens (including phenoxy) is 2. The van der Waals surface area contributed by atoms with E-state index in [0.29, 0.717) is 0 Å². The third kappa shape index (κ3) is 3.90. The van der Waals surface area contributed by atoms with E-state index in [2.05, 4.69) is 31.3 Å². The molecule has 0 radical (unpaired) electrons. The molecule has 20 heavy (non-hydrogen) atoms. The van der Waals surface area contributed by atoms with Crippen molar-refractivity contribution in [2.24, 2.45) is 0 Å². The Morgan fingerprint density at radius 3 is 2.95 bits per heavy atom. The van der Waals surface area contributed by atoms with Crippen molar-refractivity contribution < 1.29 is 9.47 Å². The minimum absolute atomic E-state index is 0.257. The fourth-order valence-electron chi connectivity index (χ4n) is 2.56. The first-order valence-electron chi connectivity index (χ1n) is 7.33. The highest BCUT2D eigenvalue weighted by atomic mass is 32.2. The molecule has 2 rings (SSSR count). The van der Waals surface area contributed by atoms with Crippen LogP contribution in [-0.2, 0) is 4.74 Å². The Labute approximate surface area is 126 Å². The fraction of sp³-hybridized carbons (Fsp3) is 0.625. The average Bonchev–Trinajstić information content (AvgIpc) is 2.50. The molecule has 0 aromatic heterocycles. The van der Waals surface area contributed by atoms with Crippen LogP contribution in [0.2, 0.25) is 0 Å². The number of aryl methyl sites for hydroxylation is 1. The maximum Gasteiger partial charge on any atom is 0.119 e. The van der Waals surface area contributed by atoms with E-state index in [1.807, 2.05) is 17.8 Å². The van der Waals surface area contributed by atoms with Gasteiger partial charge in [-0.05, 0) is 43.1 Å². The molecule has 112 valence electrons. The van der Waals surface area contributed by atoms with Crippen LogP contribution in [0.3, 0.4) is 0 Å². The second kappa shape index (κ2) is 7.91. The highest BCUT2D eigenvalue weighted by Crippen LogP contribution is 2.29. The Hall–Kier alpha value is -0.710. The van der Waals surface area contributed by atoms with E-state index in [-0.39, 0.29) is 12.1 Å². The van der Waals surface area contributed by atoms with Crippen LogP contribution in [0.15, 0.2) is 18.2 Å². The van der Waals surface area contributed by atoms with Gasteiger partial charge in [-0.3, -0.25) is 0 Å². The zero-order valence-electron chi connectivity index (χ0n) is 12.6. The van der Waals surface area contributed by atoms with Gasteiger partial charge in [0.25, 0.3) is 0 Å². The molecule has 1 heterocycles. The van der Waals surface area contributed by atoms with Crippen LogP contribution in [0.1, 0.15) is 30.5 Å². The van der Waals surface area contributed by atoms with Gasteiger partial charge in [0, 0.05) is 11.5 Å². The minimum Gasteiger partial charge on any atom is -0.497 e. The lowest BCUT2D eigenvalue weighted by atomic mass is 9.97. The first-order valence-corrected chi connectivity index (χ1v) is 8.49. The molecule has 1 aromatic carbocycles. The van der Waals surface area contributed by atoms with Crippen molar-refractivity contribution in [1.29, 1.82) is 0 Å². The first-order chi connectivity index (χ1) is 9.76. The van der Waals surface area contributed by atoms with Gasteiger partial charge in [0.15, 0.2) is 0 Å². The van der Waals surface area contributed by atoms with Crippen LogP contribution < -0.4 is 10.1 Å². The standard InChI is InChI=1S/C16H25NO2S/c1-4-7-17-16(15-11-20-9-8-19-15)14-6-5-13(18-3)10-12(14)2/h5-6,10,15-17H,4,7-9,11H2,1-3H3. The predicted octanol–water partition coefficient (Wildman–Crippen LogP) is 3.18. The van der Waals surface area contributed by atoms with Gasteiger partial charge < -0.3 is 14.8 Å². The Bertz CT molecular complexity index is 419. The molecule has 0 spiro atoms. The van der Waals surface area contributed by atoms with Crippen LogP contribution in [0.4, 0.5) is 0 Å². The summed E-state index contributed by atoms with van der Waals surface area (Å²) in [5.41, 5.74) is 2.59. The number of benzene rings is 1. The van der Waals surface area contributed by atoms with E-state index in [9.17, 15) is 0 Å². The third-order valence-corrected chi connectivity index (χ3v) is 4.66. The van der Waals surface area contributed by atoms with Crippen molar-refractivity contribution in [1.82, 2.24) is 5.32 Å². The van der Waals surface area contributed by atoms with E-state index >= 15 is 0 Å². The largest absolute Gasteiger partial charge is 0.497 e. The normalized spacial score (nSPS) is 20.6. The molecule has 0 saturated carbocycles. The quantitative estimate of drug-likeness (QED) is 0.873. The molecule has 2 atom stereocenters. The maximum atomic E-state index is 5.99. The van der Waals surface area contributed by atoms with Crippen LogP contribution in [0.25, 0.3) is 0 Å². The number of rotatable bonds is 6. The van der Waals surface area contributed by atoms with Gasteiger partial charge in [-0.1, -0.05) is 13.0 Å². The lowest BCUT2D eigenvalue weighted by Gasteiger charge is -2.32. The highest BCUT2D eigenvalue weighted by Gasteiger charge is 2.27. The third-order valence-electron chi connectivity index (χ3n) is 3.64. The molecule has 1 aromatic rings. The SMILES string of the molecule is CCCNC(c1ccc(OC)cc1C)C1CSCCO1. The van der Waals surface area contributed by atoms with E-state index in [1.54, 1.807) is 7.11 Å². The lowest BCUT2D eigenvalue weighted by Crippen LogP contribution is -2.38. The van der Waals surface area contributed by atoms with Crippen LogP contribution in [0.5, 0.6) is 5.75 Å². The summed E-state index contributed by atoms with van der Waals surface area (Å²) < 4.78 is 11.3. The Morgan fingerprint density at radius 2 is 2.35 bits per heavy atom. The summed E-state index contributed by atoms with van der Waals surface area (Å²) in [4.78, 5) is 0. The molecule has 1 N–H and O–H groups in total. The van der Waals surface area contributed by atoms with Gasteiger partial charge in [-0.25, -0.2) is 0 Å². The van der Waals surface area contributed by atoms with Crippen molar-refractivity contribution in [3.05, 3.63) is 29.3 Å². The average molecular weight is 295 g/mol. The molecule has 2 unspecified atom stereocenters. The smallest absolute Gasteiger partial charge is 0.119 e. The summed E-state index contributed by atoms with van der Waals surface area (Å²) in [6.07, 6.45) is 1.39. The number of hydrogen-bond acceptors (Lipinski definition) is 4. The molecule has 3 nitrogen and oxygen atoms in total. The van der Waals surface area contributed by atoms with Crippen molar-refractivity contribution in [2.75, 3.05) is 31.8 Å². The number of hydrogen-bond donors (Lipinski definition) is 1. The van der Waals surface area contributed by atoms with Crippen molar-refractivity contribution >= 4 is 11.8 Å². The van der Waals surface area contributed by atoms with Gasteiger partial charge in [0.1, 0.15) is 5.75 Å². The number of methoxy groups -OCH3 is 1. The van der Waals surface area contributed by atoms with Crippen LogP contribution in [0, 0.1) is 6.92 Å². The first kappa shape index (κ1) is 15.7. The van der Waals surface area contributed by atoms with Gasteiger partial charge in [0.05, 0.1) is 25.9 Å². The van der Waals surface area contributed by atoms with Crippen molar-refractivity contribution in [3.63, 3.8) is 0 Å². The Kier molecular flexibility index (Phi) is 6.20. The van der Waals surface area contributed by atoms with Gasteiger partial charge >= 0.3 is 0 Å².